The molecule has 1 aliphatic heterocycles. The Morgan fingerprint density at radius 1 is 1.32 bits per heavy atom. The third-order valence-electron chi connectivity index (χ3n) is 4.67. The summed E-state index contributed by atoms with van der Waals surface area (Å²) >= 11 is 0. The van der Waals surface area contributed by atoms with Crippen molar-refractivity contribution < 1.29 is 14.3 Å². The van der Waals surface area contributed by atoms with E-state index in [1.165, 1.54) is 0 Å². The van der Waals surface area contributed by atoms with Gasteiger partial charge in [0.25, 0.3) is 0 Å². The van der Waals surface area contributed by atoms with Gasteiger partial charge in [0.1, 0.15) is 12.4 Å². The minimum atomic E-state index is 0.0908. The van der Waals surface area contributed by atoms with Gasteiger partial charge in [0.2, 0.25) is 5.91 Å². The lowest BCUT2D eigenvalue weighted by Gasteiger charge is -2.39. The van der Waals surface area contributed by atoms with E-state index in [9.17, 15) is 4.79 Å². The molecule has 1 atom stereocenters. The van der Waals surface area contributed by atoms with E-state index < -0.39 is 0 Å². The van der Waals surface area contributed by atoms with Gasteiger partial charge in [-0.3, -0.25) is 9.78 Å². The maximum Gasteiger partial charge on any atom is 0.219 e. The van der Waals surface area contributed by atoms with Crippen LogP contribution in [0, 0.1) is 0 Å². The average molecular weight is 385 g/mol. The first-order valence-electron chi connectivity index (χ1n) is 9.58. The molecule has 0 unspecified atom stereocenters. The third-order valence-corrected chi connectivity index (χ3v) is 4.67. The molecule has 0 aromatic carbocycles. The topological polar surface area (TPSA) is 82.4 Å². The van der Waals surface area contributed by atoms with E-state index in [0.717, 1.165) is 49.4 Å². The van der Waals surface area contributed by atoms with Crippen LogP contribution in [0.5, 0.6) is 5.75 Å². The van der Waals surface area contributed by atoms with Crippen LogP contribution in [0.25, 0.3) is 5.69 Å². The zero-order chi connectivity index (χ0) is 19.9. The maximum absolute atomic E-state index is 11.5. The molecule has 0 N–H and O–H groups in total. The summed E-state index contributed by atoms with van der Waals surface area (Å²) in [6, 6.07) is 2.02. The molecule has 0 bridgehead atoms. The maximum atomic E-state index is 11.5. The van der Waals surface area contributed by atoms with Crippen molar-refractivity contribution in [1.29, 1.82) is 0 Å². The van der Waals surface area contributed by atoms with Gasteiger partial charge in [-0.25, -0.2) is 4.68 Å². The van der Waals surface area contributed by atoms with Gasteiger partial charge < -0.3 is 14.4 Å². The van der Waals surface area contributed by atoms with Gasteiger partial charge in [0.05, 0.1) is 48.4 Å². The van der Waals surface area contributed by atoms with Crippen LogP contribution in [0.4, 0.5) is 0 Å². The summed E-state index contributed by atoms with van der Waals surface area (Å²) in [6.45, 7) is 9.11. The van der Waals surface area contributed by atoms with Gasteiger partial charge in [-0.05, 0) is 32.6 Å². The van der Waals surface area contributed by atoms with Crippen LogP contribution in [0.1, 0.15) is 38.8 Å². The fraction of sp³-hybridized carbons (Fsp3) is 0.500. The standard InChI is InChI=1S/C20H27N5O3/c1-15(2)27-9-5-4-6-17-13-25(23-22-17)19-10-20(12-21-11-19)28-14-18-7-8-24(18)16(3)26/h10-13,18H,1,4-9,14H2,2-3H3/t18-/m0/s1. The Morgan fingerprint density at radius 3 is 2.89 bits per heavy atom. The number of carbonyl (C=O) groups excluding carboxylic acids is 1. The summed E-state index contributed by atoms with van der Waals surface area (Å²) in [7, 11) is 0. The highest BCUT2D eigenvalue weighted by molar-refractivity contribution is 5.74. The number of amides is 1. The monoisotopic (exact) mass is 385 g/mol. The SMILES string of the molecule is C=C(C)OCCCCc1cn(-c2cncc(OC[C@@H]3CCN3C(C)=O)c2)nn1. The molecule has 1 aliphatic rings. The van der Waals surface area contributed by atoms with Gasteiger partial charge >= 0.3 is 0 Å². The zero-order valence-electron chi connectivity index (χ0n) is 16.5. The van der Waals surface area contributed by atoms with E-state index in [0.29, 0.717) is 19.0 Å². The molecule has 2 aromatic rings. The smallest absolute Gasteiger partial charge is 0.219 e. The van der Waals surface area contributed by atoms with Crippen molar-refractivity contribution in [3.8, 4) is 11.4 Å². The Bertz CT molecular complexity index is 820. The van der Waals surface area contributed by atoms with Crippen LogP contribution in [0.2, 0.25) is 0 Å². The lowest BCUT2D eigenvalue weighted by molar-refractivity contribution is -0.137. The molecule has 1 fully saturated rings. The molecule has 3 heterocycles. The molecule has 0 radical (unpaired) electrons. The number of hydrogen-bond donors (Lipinski definition) is 0. The fourth-order valence-corrected chi connectivity index (χ4v) is 3.03. The molecule has 8 heteroatoms. The number of likely N-dealkylation sites (tertiary alicyclic amines) is 1. The Balaban J connectivity index is 1.50. The normalized spacial score (nSPS) is 15.8. The van der Waals surface area contributed by atoms with Crippen molar-refractivity contribution in [2.45, 2.75) is 45.6 Å². The molecule has 8 nitrogen and oxygen atoms in total. The van der Waals surface area contributed by atoms with Crippen LogP contribution in [-0.2, 0) is 16.0 Å². The molecule has 2 aromatic heterocycles. The van der Waals surface area contributed by atoms with E-state index in [1.54, 1.807) is 24.0 Å². The molecule has 0 aliphatic carbocycles. The summed E-state index contributed by atoms with van der Waals surface area (Å²) in [5.41, 5.74) is 1.71. The van der Waals surface area contributed by atoms with E-state index in [4.69, 9.17) is 9.47 Å². The molecule has 1 saturated heterocycles. The van der Waals surface area contributed by atoms with Crippen molar-refractivity contribution in [1.82, 2.24) is 24.9 Å². The Hall–Kier alpha value is -2.90. The van der Waals surface area contributed by atoms with Gasteiger partial charge in [-0.1, -0.05) is 11.8 Å². The summed E-state index contributed by atoms with van der Waals surface area (Å²) < 4.78 is 12.9. The molecular weight excluding hydrogens is 358 g/mol. The highest BCUT2D eigenvalue weighted by Crippen LogP contribution is 2.20. The first-order chi connectivity index (χ1) is 13.5. The predicted molar refractivity (Wildman–Crippen MR) is 104 cm³/mol. The number of nitrogens with zero attached hydrogens (tertiary/aromatic N) is 5. The number of allylic oxidation sites excluding steroid dienone is 1. The number of pyridine rings is 1. The summed E-state index contributed by atoms with van der Waals surface area (Å²) in [4.78, 5) is 17.5. The minimum absolute atomic E-state index is 0.0908. The van der Waals surface area contributed by atoms with Crippen LogP contribution in [0.3, 0.4) is 0 Å². The fourth-order valence-electron chi connectivity index (χ4n) is 3.03. The summed E-state index contributed by atoms with van der Waals surface area (Å²) in [6.07, 6.45) is 9.02. The predicted octanol–water partition coefficient (Wildman–Crippen LogP) is 2.53. The number of hydrogen-bond acceptors (Lipinski definition) is 6. The van der Waals surface area contributed by atoms with Crippen molar-refractivity contribution in [3.05, 3.63) is 42.7 Å². The van der Waals surface area contributed by atoms with Crippen molar-refractivity contribution in [3.63, 3.8) is 0 Å². The summed E-state index contributed by atoms with van der Waals surface area (Å²) in [5, 5.41) is 8.41. The molecule has 0 spiro atoms. The number of carbonyl (C=O) groups is 1. The van der Waals surface area contributed by atoms with E-state index >= 15 is 0 Å². The van der Waals surface area contributed by atoms with Gasteiger partial charge in [0, 0.05) is 19.5 Å². The molecular formula is C20H27N5O3. The number of aromatic nitrogens is 4. The third kappa shape index (κ3) is 5.31. The number of aryl methyl sites for hydroxylation is 1. The Labute approximate surface area is 165 Å². The lowest BCUT2D eigenvalue weighted by atomic mass is 10.0. The van der Waals surface area contributed by atoms with Crippen LogP contribution < -0.4 is 4.74 Å². The number of unbranched alkanes of at least 4 members (excludes halogenated alkanes) is 1. The van der Waals surface area contributed by atoms with E-state index in [1.807, 2.05) is 24.1 Å². The van der Waals surface area contributed by atoms with Crippen molar-refractivity contribution in [2.75, 3.05) is 19.8 Å². The molecule has 0 saturated carbocycles. The van der Waals surface area contributed by atoms with Crippen molar-refractivity contribution >= 4 is 5.91 Å². The van der Waals surface area contributed by atoms with Crippen LogP contribution in [-0.4, -0.2) is 56.6 Å². The molecule has 28 heavy (non-hydrogen) atoms. The van der Waals surface area contributed by atoms with Gasteiger partial charge in [-0.2, -0.15) is 0 Å². The second-order valence-corrected chi connectivity index (χ2v) is 7.01. The summed E-state index contributed by atoms with van der Waals surface area (Å²) in [5.74, 6) is 1.49. The van der Waals surface area contributed by atoms with E-state index in [-0.39, 0.29) is 11.9 Å². The Kier molecular flexibility index (Phi) is 6.62. The van der Waals surface area contributed by atoms with Crippen molar-refractivity contribution in [2.24, 2.45) is 0 Å². The highest BCUT2D eigenvalue weighted by atomic mass is 16.5. The first kappa shape index (κ1) is 19.9. The molecule has 150 valence electrons. The van der Waals surface area contributed by atoms with Crippen LogP contribution >= 0.6 is 0 Å². The largest absolute Gasteiger partial charge is 0.499 e. The van der Waals surface area contributed by atoms with Gasteiger partial charge in [0.15, 0.2) is 0 Å². The second kappa shape index (κ2) is 9.34. The van der Waals surface area contributed by atoms with Crippen LogP contribution in [0.15, 0.2) is 37.0 Å². The number of rotatable bonds is 10. The molecule has 3 rings (SSSR count). The first-order valence-corrected chi connectivity index (χ1v) is 9.58. The van der Waals surface area contributed by atoms with E-state index in [2.05, 4.69) is 21.9 Å². The quantitative estimate of drug-likeness (QED) is 0.462. The molecule has 1 amide bonds. The number of ether oxygens (including phenoxy) is 2. The minimum Gasteiger partial charge on any atom is -0.499 e. The zero-order valence-corrected chi connectivity index (χ0v) is 16.5. The van der Waals surface area contributed by atoms with Gasteiger partial charge in [-0.15, -0.1) is 5.10 Å². The second-order valence-electron chi connectivity index (χ2n) is 7.01. The highest BCUT2D eigenvalue weighted by Gasteiger charge is 2.30. The Morgan fingerprint density at radius 2 is 2.18 bits per heavy atom. The average Bonchev–Trinajstić information content (AvgIpc) is 3.09. The lowest BCUT2D eigenvalue weighted by Crippen LogP contribution is -2.53.